The van der Waals surface area contributed by atoms with Crippen LogP contribution in [0, 0.1) is 0 Å². The van der Waals surface area contributed by atoms with E-state index in [4.69, 9.17) is 0 Å². The number of nitrogens with zero attached hydrogens (tertiary/aromatic N) is 6. The normalized spacial score (nSPS) is 8.00. The summed E-state index contributed by atoms with van der Waals surface area (Å²) in [5.41, 5.74) is 0. The molecule has 0 aliphatic rings. The maximum Gasteiger partial charge on any atom is 2.00 e. The number of aromatic nitrogens is 6. The van der Waals surface area contributed by atoms with Gasteiger partial charge in [0.2, 0.25) is 0 Å². The average molecular weight is 448 g/mol. The molecule has 2 rings (SSSR count). The predicted octanol–water partition coefficient (Wildman–Crippen LogP) is -5.82. The molecule has 0 saturated carbocycles. The number of hydrogen-bond donors (Lipinski definition) is 0. The fraction of sp³-hybridized carbons (Fsp3) is 0. The second-order valence-corrected chi connectivity index (χ2v) is 2.37. The molecule has 0 aliphatic heterocycles. The van der Waals surface area contributed by atoms with E-state index in [9.17, 15) is 30.6 Å². The van der Waals surface area contributed by atoms with Gasteiger partial charge in [-0.05, 0) is 0 Å². The quantitative estimate of drug-likeness (QED) is 0.344. The summed E-state index contributed by atoms with van der Waals surface area (Å²) < 4.78 is 0. The maximum atomic E-state index is 10.0. The first-order chi connectivity index (χ1) is 8.36. The van der Waals surface area contributed by atoms with Crippen LogP contribution in [0.1, 0.15) is 0 Å². The van der Waals surface area contributed by atoms with Crippen LogP contribution in [0.2, 0.25) is 0 Å². The molecule has 12 nitrogen and oxygen atoms in total. The first-order valence-corrected chi connectivity index (χ1v) is 3.91. The Balaban J connectivity index is -0.000000270. The molecule has 0 aliphatic carbocycles. The molecular formula is C6N6O6Zn3. The van der Waals surface area contributed by atoms with E-state index in [1.54, 1.807) is 0 Å². The van der Waals surface area contributed by atoms with Crippen molar-refractivity contribution in [2.24, 2.45) is 0 Å². The molecule has 0 unspecified atom stereocenters. The minimum atomic E-state index is -1.08. The van der Waals surface area contributed by atoms with E-state index in [1.165, 1.54) is 0 Å². The van der Waals surface area contributed by atoms with Crippen molar-refractivity contribution in [3.63, 3.8) is 0 Å². The number of hydrogen-bond acceptors (Lipinski definition) is 12. The minimum Gasteiger partial charge on any atom is -0.844 e. The van der Waals surface area contributed by atoms with Gasteiger partial charge in [0, 0.05) is 0 Å². The Hall–Kier alpha value is -1.31. The second-order valence-electron chi connectivity index (χ2n) is 2.37. The van der Waals surface area contributed by atoms with Gasteiger partial charge in [0.25, 0.3) is 0 Å². The summed E-state index contributed by atoms with van der Waals surface area (Å²) in [7, 11) is 0. The van der Waals surface area contributed by atoms with Crippen molar-refractivity contribution >= 4 is 0 Å². The van der Waals surface area contributed by atoms with Crippen molar-refractivity contribution < 1.29 is 89.1 Å². The van der Waals surface area contributed by atoms with Crippen LogP contribution in [0.15, 0.2) is 0 Å². The third kappa shape index (κ3) is 10.1. The van der Waals surface area contributed by atoms with E-state index in [2.05, 4.69) is 29.9 Å². The van der Waals surface area contributed by atoms with Crippen molar-refractivity contribution in [2.75, 3.05) is 0 Å². The Morgan fingerprint density at radius 1 is 0.333 bits per heavy atom. The summed E-state index contributed by atoms with van der Waals surface area (Å²) in [6.07, 6.45) is 0. The van der Waals surface area contributed by atoms with Gasteiger partial charge in [0.15, 0.2) is 0 Å². The van der Waals surface area contributed by atoms with Gasteiger partial charge in [0.05, 0.1) is 36.1 Å². The van der Waals surface area contributed by atoms with Crippen molar-refractivity contribution in [1.82, 2.24) is 29.9 Å². The monoisotopic (exact) mass is 444 g/mol. The molecule has 0 spiro atoms. The van der Waals surface area contributed by atoms with Crippen LogP contribution in [0.5, 0.6) is 36.1 Å². The Kier molecular flexibility index (Phi) is 13.4. The van der Waals surface area contributed by atoms with Gasteiger partial charge in [-0.15, -0.1) is 0 Å². The summed E-state index contributed by atoms with van der Waals surface area (Å²) in [5.74, 6) is 0. The maximum absolute atomic E-state index is 10.0. The zero-order valence-electron chi connectivity index (χ0n) is 10.3. The fourth-order valence-electron chi connectivity index (χ4n) is 0.641. The van der Waals surface area contributed by atoms with Gasteiger partial charge in [-0.3, -0.25) is 0 Å². The van der Waals surface area contributed by atoms with Crippen LogP contribution in [0.25, 0.3) is 0 Å². The SMILES string of the molecule is [O-]c1nc([O-])nc([O-])n1.[O-]c1nc([O-])nc([O-])n1.[Zn+2].[Zn+2].[Zn+2]. The zero-order valence-corrected chi connectivity index (χ0v) is 19.2. The van der Waals surface area contributed by atoms with Crippen LogP contribution in [0.3, 0.4) is 0 Å². The van der Waals surface area contributed by atoms with Crippen molar-refractivity contribution in [3.8, 4) is 36.1 Å². The molecule has 0 radical (unpaired) electrons. The molecule has 2 heterocycles. The molecule has 21 heavy (non-hydrogen) atoms. The van der Waals surface area contributed by atoms with Crippen LogP contribution in [-0.4, -0.2) is 29.9 Å². The zero-order chi connectivity index (χ0) is 13.7. The summed E-state index contributed by atoms with van der Waals surface area (Å²) in [6.45, 7) is 0. The molecule has 2 aromatic heterocycles. The number of rotatable bonds is 0. The van der Waals surface area contributed by atoms with Crippen LogP contribution in [0.4, 0.5) is 0 Å². The molecule has 0 saturated heterocycles. The standard InChI is InChI=1S/2C3H3N3O3.3Zn/c2*7-1-4-2(8)6-3(9)5-1;;;/h2*(H3,4,5,6,7,8,9);;;/q;;3*+2/p-6. The predicted molar refractivity (Wildman–Crippen MR) is 36.3 cm³/mol. The Bertz CT molecular complexity index is 412. The first kappa shape index (κ1) is 24.7. The summed E-state index contributed by atoms with van der Waals surface area (Å²) >= 11 is 0. The van der Waals surface area contributed by atoms with E-state index in [0.717, 1.165) is 0 Å². The molecule has 0 aromatic carbocycles. The van der Waals surface area contributed by atoms with Gasteiger partial charge < -0.3 is 30.6 Å². The molecule has 0 N–H and O–H groups in total. The van der Waals surface area contributed by atoms with Gasteiger partial charge in [-0.2, -0.15) is 0 Å². The topological polar surface area (TPSA) is 216 Å². The van der Waals surface area contributed by atoms with Crippen LogP contribution >= 0.6 is 0 Å². The molecule has 15 heteroatoms. The van der Waals surface area contributed by atoms with E-state index in [1.807, 2.05) is 0 Å². The second kappa shape index (κ2) is 11.4. The van der Waals surface area contributed by atoms with Gasteiger partial charge in [-0.1, -0.05) is 0 Å². The third-order valence-electron chi connectivity index (χ3n) is 1.15. The van der Waals surface area contributed by atoms with Crippen LogP contribution < -0.4 is 30.6 Å². The molecule has 2 aromatic rings. The molecule has 0 atom stereocenters. The van der Waals surface area contributed by atoms with Crippen LogP contribution in [-0.2, 0) is 58.4 Å². The Labute approximate surface area is 154 Å². The Morgan fingerprint density at radius 3 is 0.524 bits per heavy atom. The van der Waals surface area contributed by atoms with E-state index in [0.29, 0.717) is 0 Å². The summed E-state index contributed by atoms with van der Waals surface area (Å²) in [4.78, 5) is 16.2. The molecule has 96 valence electrons. The minimum absolute atomic E-state index is 0. The van der Waals surface area contributed by atoms with Gasteiger partial charge in [0.1, 0.15) is 0 Å². The Morgan fingerprint density at radius 2 is 0.429 bits per heavy atom. The van der Waals surface area contributed by atoms with Gasteiger partial charge >= 0.3 is 58.4 Å². The third-order valence-corrected chi connectivity index (χ3v) is 1.15. The van der Waals surface area contributed by atoms with Gasteiger partial charge in [-0.25, -0.2) is 29.9 Å². The van der Waals surface area contributed by atoms with Crippen molar-refractivity contribution in [3.05, 3.63) is 0 Å². The van der Waals surface area contributed by atoms with E-state index in [-0.39, 0.29) is 58.4 Å². The molecule has 0 fully saturated rings. The molecule has 0 amide bonds. The smallest absolute Gasteiger partial charge is 0.844 e. The molecular weight excluding hydrogens is 448 g/mol. The first-order valence-electron chi connectivity index (χ1n) is 3.91. The average Bonchev–Trinajstić information content (AvgIpc) is 2.12. The van der Waals surface area contributed by atoms with Crippen molar-refractivity contribution in [2.45, 2.75) is 0 Å². The fourth-order valence-corrected chi connectivity index (χ4v) is 0.641. The molecule has 0 bridgehead atoms. The van der Waals surface area contributed by atoms with E-state index < -0.39 is 36.1 Å². The van der Waals surface area contributed by atoms with Crippen molar-refractivity contribution in [1.29, 1.82) is 0 Å². The largest absolute Gasteiger partial charge is 2.00 e. The summed E-state index contributed by atoms with van der Waals surface area (Å²) in [5, 5.41) is 60.3. The summed E-state index contributed by atoms with van der Waals surface area (Å²) in [6, 6.07) is -6.50. The van der Waals surface area contributed by atoms with E-state index >= 15 is 0 Å².